The summed E-state index contributed by atoms with van der Waals surface area (Å²) in [5, 5.41) is 0. The van der Waals surface area contributed by atoms with Crippen LogP contribution in [0.1, 0.15) is 5.56 Å². The molecule has 0 aromatic heterocycles. The normalized spacial score (nSPS) is 20.6. The molecule has 12 heavy (non-hydrogen) atoms. The maximum Gasteiger partial charge on any atom is 0.106 e. The first-order valence-corrected chi connectivity index (χ1v) is 4.91. The number of hydrogen-bond donors (Lipinski definition) is 0. The molecule has 2 heteroatoms. The van der Waals surface area contributed by atoms with Gasteiger partial charge in [-0.05, 0) is 45.9 Å². The third kappa shape index (κ3) is 1.69. The molecular weight excluding hydrogens is 263 g/mol. The minimum atomic E-state index is 0.282. The molecule has 0 saturated carbocycles. The first-order valence-electron chi connectivity index (χ1n) is 3.84. The average molecular weight is 272 g/mol. The number of hydrogen-bond acceptors (Lipinski definition) is 1. The first-order chi connectivity index (χ1) is 5.77. The van der Waals surface area contributed by atoms with Gasteiger partial charge in [-0.1, -0.05) is 18.7 Å². The third-order valence-electron chi connectivity index (χ3n) is 1.94. The molecule has 0 N–H and O–H groups in total. The number of epoxide rings is 1. The highest BCUT2D eigenvalue weighted by Gasteiger charge is 2.26. The maximum absolute atomic E-state index is 5.15. The molecule has 1 nitrogen and oxygen atoms in total. The second kappa shape index (κ2) is 3.18. The molecule has 1 aliphatic rings. The average Bonchev–Trinajstić information content (AvgIpc) is 2.87. The lowest BCUT2D eigenvalue weighted by Crippen LogP contribution is -1.89. The number of rotatable bonds is 2. The minimum Gasteiger partial charge on any atom is -0.368 e. The van der Waals surface area contributed by atoms with E-state index in [9.17, 15) is 0 Å². The summed E-state index contributed by atoms with van der Waals surface area (Å²) in [7, 11) is 0. The van der Waals surface area contributed by atoms with Gasteiger partial charge in [-0.2, -0.15) is 0 Å². The van der Waals surface area contributed by atoms with Crippen LogP contribution >= 0.6 is 22.6 Å². The second-order valence-corrected chi connectivity index (χ2v) is 4.10. The highest BCUT2D eigenvalue weighted by molar-refractivity contribution is 14.1. The molecule has 2 rings (SSSR count). The van der Waals surface area contributed by atoms with E-state index in [2.05, 4.69) is 53.4 Å². The second-order valence-electron chi connectivity index (χ2n) is 2.85. The molecule has 1 atom stereocenters. The Labute approximate surface area is 85.6 Å². The molecule has 0 aliphatic carbocycles. The minimum absolute atomic E-state index is 0.282. The Kier molecular flexibility index (Phi) is 2.19. The largest absolute Gasteiger partial charge is 0.368 e. The van der Waals surface area contributed by atoms with E-state index in [4.69, 9.17) is 4.74 Å². The number of benzene rings is 1. The maximum atomic E-state index is 5.15. The van der Waals surface area contributed by atoms with Crippen molar-refractivity contribution in [2.45, 2.75) is 6.10 Å². The van der Waals surface area contributed by atoms with Gasteiger partial charge in [0.2, 0.25) is 0 Å². The van der Waals surface area contributed by atoms with Crippen LogP contribution in [0, 0.1) is 3.57 Å². The van der Waals surface area contributed by atoms with E-state index < -0.39 is 0 Å². The van der Waals surface area contributed by atoms with E-state index in [1.807, 2.05) is 0 Å². The summed E-state index contributed by atoms with van der Waals surface area (Å²) in [4.78, 5) is 0. The lowest BCUT2D eigenvalue weighted by molar-refractivity contribution is 0.445. The molecule has 0 amide bonds. The molecule has 1 heterocycles. The van der Waals surface area contributed by atoms with Gasteiger partial charge < -0.3 is 4.74 Å². The molecule has 1 saturated heterocycles. The lowest BCUT2D eigenvalue weighted by Gasteiger charge is -2.01. The fraction of sp³-hybridized carbons (Fsp3) is 0.200. The molecule has 1 fully saturated rings. The molecule has 62 valence electrons. The topological polar surface area (TPSA) is 12.5 Å². The van der Waals surface area contributed by atoms with Crippen LogP contribution in [0.15, 0.2) is 30.8 Å². The van der Waals surface area contributed by atoms with Crippen molar-refractivity contribution in [1.29, 1.82) is 0 Å². The molecule has 1 unspecified atom stereocenters. The zero-order valence-electron chi connectivity index (χ0n) is 6.59. The zero-order valence-corrected chi connectivity index (χ0v) is 8.74. The Balaban J connectivity index is 2.22. The molecule has 0 bridgehead atoms. The molecule has 0 spiro atoms. The van der Waals surface area contributed by atoms with Crippen LogP contribution in [0.5, 0.6) is 0 Å². The van der Waals surface area contributed by atoms with E-state index in [-0.39, 0.29) is 6.10 Å². The summed E-state index contributed by atoms with van der Waals surface area (Å²) >= 11 is 2.29. The van der Waals surface area contributed by atoms with Crippen molar-refractivity contribution in [3.05, 3.63) is 40.0 Å². The summed E-state index contributed by atoms with van der Waals surface area (Å²) in [6.45, 7) is 4.83. The van der Waals surface area contributed by atoms with E-state index in [0.29, 0.717) is 0 Å². The van der Waals surface area contributed by atoms with Gasteiger partial charge in [-0.25, -0.2) is 0 Å². The van der Waals surface area contributed by atoms with E-state index in [1.165, 1.54) is 9.13 Å². The molecule has 1 aromatic carbocycles. The quantitative estimate of drug-likeness (QED) is 0.595. The van der Waals surface area contributed by atoms with Crippen molar-refractivity contribution in [1.82, 2.24) is 0 Å². The Bertz CT molecular complexity index is 298. The van der Waals surface area contributed by atoms with Gasteiger partial charge in [0.15, 0.2) is 0 Å². The molecular formula is C10H9IO. The van der Waals surface area contributed by atoms with E-state index in [0.717, 1.165) is 12.2 Å². The first kappa shape index (κ1) is 8.26. The summed E-state index contributed by atoms with van der Waals surface area (Å²) < 4.78 is 6.40. The van der Waals surface area contributed by atoms with Crippen LogP contribution < -0.4 is 0 Å². The van der Waals surface area contributed by atoms with Crippen molar-refractivity contribution < 1.29 is 4.74 Å². The van der Waals surface area contributed by atoms with Crippen molar-refractivity contribution in [2.24, 2.45) is 0 Å². The highest BCUT2D eigenvalue weighted by Crippen LogP contribution is 2.27. The van der Waals surface area contributed by atoms with Crippen LogP contribution in [0.4, 0.5) is 0 Å². The van der Waals surface area contributed by atoms with Gasteiger partial charge in [0.05, 0.1) is 6.61 Å². The van der Waals surface area contributed by atoms with Gasteiger partial charge in [-0.15, -0.1) is 0 Å². The Morgan fingerprint density at radius 1 is 1.42 bits per heavy atom. The van der Waals surface area contributed by atoms with Crippen molar-refractivity contribution >= 4 is 28.2 Å². The predicted octanol–water partition coefficient (Wildman–Crippen LogP) is 2.70. The standard InChI is InChI=1S/C10H9IO/c1-7(10-6-12-10)8-2-4-9(11)5-3-8/h2-5,10H,1,6H2. The van der Waals surface area contributed by atoms with Crippen molar-refractivity contribution in [3.63, 3.8) is 0 Å². The summed E-state index contributed by atoms with van der Waals surface area (Å²) in [6.07, 6.45) is 0.282. The summed E-state index contributed by atoms with van der Waals surface area (Å²) in [5.41, 5.74) is 2.30. The highest BCUT2D eigenvalue weighted by atomic mass is 127. The van der Waals surface area contributed by atoms with Gasteiger partial charge in [0.25, 0.3) is 0 Å². The third-order valence-corrected chi connectivity index (χ3v) is 2.66. The lowest BCUT2D eigenvalue weighted by atomic mass is 10.1. The molecule has 1 aliphatic heterocycles. The molecule has 0 radical (unpaired) electrons. The SMILES string of the molecule is C=C(c1ccc(I)cc1)C1CO1. The van der Waals surface area contributed by atoms with Crippen LogP contribution in [0.25, 0.3) is 5.57 Å². The van der Waals surface area contributed by atoms with Gasteiger partial charge in [0.1, 0.15) is 6.10 Å². The van der Waals surface area contributed by atoms with Crippen LogP contribution in [0.3, 0.4) is 0 Å². The molecule has 1 aromatic rings. The van der Waals surface area contributed by atoms with Crippen molar-refractivity contribution in [3.8, 4) is 0 Å². The van der Waals surface area contributed by atoms with Crippen LogP contribution in [-0.4, -0.2) is 12.7 Å². The summed E-state index contributed by atoms with van der Waals surface area (Å²) in [5.74, 6) is 0. The zero-order chi connectivity index (χ0) is 8.55. The number of halogens is 1. The van der Waals surface area contributed by atoms with E-state index >= 15 is 0 Å². The predicted molar refractivity (Wildman–Crippen MR) is 57.9 cm³/mol. The van der Waals surface area contributed by atoms with Crippen LogP contribution in [0.2, 0.25) is 0 Å². The van der Waals surface area contributed by atoms with Gasteiger partial charge in [-0.3, -0.25) is 0 Å². The Morgan fingerprint density at radius 3 is 2.50 bits per heavy atom. The Morgan fingerprint density at radius 2 is 2.00 bits per heavy atom. The van der Waals surface area contributed by atoms with E-state index in [1.54, 1.807) is 0 Å². The van der Waals surface area contributed by atoms with Gasteiger partial charge in [0, 0.05) is 3.57 Å². The Hall–Kier alpha value is -0.350. The van der Waals surface area contributed by atoms with Crippen LogP contribution in [-0.2, 0) is 4.74 Å². The fourth-order valence-corrected chi connectivity index (χ4v) is 1.46. The van der Waals surface area contributed by atoms with Gasteiger partial charge >= 0.3 is 0 Å². The monoisotopic (exact) mass is 272 g/mol. The fourth-order valence-electron chi connectivity index (χ4n) is 1.10. The summed E-state index contributed by atoms with van der Waals surface area (Å²) in [6, 6.07) is 8.35. The smallest absolute Gasteiger partial charge is 0.106 e. The number of ether oxygens (including phenoxy) is 1. The van der Waals surface area contributed by atoms with Crippen molar-refractivity contribution in [2.75, 3.05) is 6.61 Å².